The van der Waals surface area contributed by atoms with Crippen molar-refractivity contribution >= 4 is 5.91 Å². The van der Waals surface area contributed by atoms with Gasteiger partial charge >= 0.3 is 0 Å². The highest BCUT2D eigenvalue weighted by atomic mass is 16.2. The van der Waals surface area contributed by atoms with E-state index in [9.17, 15) is 9.59 Å². The molecule has 0 radical (unpaired) electrons. The molecular formula is C19H25N5O2. The highest BCUT2D eigenvalue weighted by Gasteiger charge is 2.15. The van der Waals surface area contributed by atoms with Gasteiger partial charge in [-0.05, 0) is 23.7 Å². The number of rotatable bonds is 6. The number of amides is 1. The number of nitrogens with one attached hydrogen (secondary N) is 2. The maximum Gasteiger partial charge on any atom is 0.271 e. The molecule has 1 fully saturated rings. The Hall–Kier alpha value is -2.51. The summed E-state index contributed by atoms with van der Waals surface area (Å²) in [6, 6.07) is 11.0. The molecule has 26 heavy (non-hydrogen) atoms. The third kappa shape index (κ3) is 5.00. The Morgan fingerprint density at radius 2 is 1.69 bits per heavy atom. The summed E-state index contributed by atoms with van der Waals surface area (Å²) in [5.74, 6) is -0.306. The molecule has 2 N–H and O–H groups in total. The molecule has 0 spiro atoms. The van der Waals surface area contributed by atoms with Crippen LogP contribution in [-0.2, 0) is 13.1 Å². The maximum absolute atomic E-state index is 12.0. The van der Waals surface area contributed by atoms with Gasteiger partial charge in [-0.3, -0.25) is 14.5 Å². The Morgan fingerprint density at radius 1 is 1.04 bits per heavy atom. The van der Waals surface area contributed by atoms with Crippen LogP contribution in [0.4, 0.5) is 0 Å². The van der Waals surface area contributed by atoms with Crippen molar-refractivity contribution in [3.8, 4) is 0 Å². The standard InChI is InChI=1S/C19H25N5O2/c1-2-23-9-11-24(12-10-23)14-16-5-3-15(4-6-16)13-20-19(26)17-7-8-18(25)22-21-17/h3-8H,2,9-14H2,1H3,(H,20,26)(H,22,25). The number of H-pyrrole nitrogens is 1. The van der Waals surface area contributed by atoms with E-state index in [1.54, 1.807) is 0 Å². The highest BCUT2D eigenvalue weighted by molar-refractivity contribution is 5.91. The Bertz CT molecular complexity index is 759. The van der Waals surface area contributed by atoms with Gasteiger partial charge in [0.05, 0.1) is 0 Å². The van der Waals surface area contributed by atoms with Gasteiger partial charge in [0, 0.05) is 45.3 Å². The molecule has 1 aliphatic rings. The summed E-state index contributed by atoms with van der Waals surface area (Å²) in [7, 11) is 0. The van der Waals surface area contributed by atoms with E-state index in [1.165, 1.54) is 17.7 Å². The van der Waals surface area contributed by atoms with Gasteiger partial charge in [-0.25, -0.2) is 5.10 Å². The quantitative estimate of drug-likeness (QED) is 0.802. The molecule has 0 saturated carbocycles. The number of hydrogen-bond donors (Lipinski definition) is 2. The van der Waals surface area contributed by atoms with Crippen LogP contribution in [0.3, 0.4) is 0 Å². The van der Waals surface area contributed by atoms with Crippen LogP contribution in [0.25, 0.3) is 0 Å². The van der Waals surface area contributed by atoms with E-state index in [2.05, 4.69) is 44.4 Å². The molecule has 1 aromatic heterocycles. The Labute approximate surface area is 153 Å². The molecule has 0 aliphatic carbocycles. The van der Waals surface area contributed by atoms with E-state index < -0.39 is 0 Å². The zero-order valence-electron chi connectivity index (χ0n) is 15.1. The lowest BCUT2D eigenvalue weighted by molar-refractivity contribution is 0.0945. The summed E-state index contributed by atoms with van der Waals surface area (Å²) < 4.78 is 0. The zero-order valence-corrected chi connectivity index (χ0v) is 15.1. The molecule has 7 nitrogen and oxygen atoms in total. The summed E-state index contributed by atoms with van der Waals surface area (Å²) in [6.07, 6.45) is 0. The van der Waals surface area contributed by atoms with Gasteiger partial charge in [0.25, 0.3) is 11.5 Å². The fourth-order valence-electron chi connectivity index (χ4n) is 3.03. The van der Waals surface area contributed by atoms with Crippen molar-refractivity contribution in [2.45, 2.75) is 20.0 Å². The molecule has 7 heteroatoms. The van der Waals surface area contributed by atoms with E-state index in [0.29, 0.717) is 6.54 Å². The highest BCUT2D eigenvalue weighted by Crippen LogP contribution is 2.10. The summed E-state index contributed by atoms with van der Waals surface area (Å²) in [4.78, 5) is 27.9. The summed E-state index contributed by atoms with van der Waals surface area (Å²) in [6.45, 7) is 9.22. The van der Waals surface area contributed by atoms with Gasteiger partial charge in [-0.15, -0.1) is 0 Å². The van der Waals surface area contributed by atoms with E-state index >= 15 is 0 Å². The van der Waals surface area contributed by atoms with Crippen LogP contribution in [0.5, 0.6) is 0 Å². The molecule has 3 rings (SSSR count). The SMILES string of the molecule is CCN1CCN(Cc2ccc(CNC(=O)c3ccc(=O)[nH]n3)cc2)CC1. The van der Waals surface area contributed by atoms with Gasteiger partial charge in [0.2, 0.25) is 0 Å². The molecule has 1 aromatic carbocycles. The molecule has 1 amide bonds. The van der Waals surface area contributed by atoms with Gasteiger partial charge < -0.3 is 10.2 Å². The minimum absolute atomic E-state index is 0.201. The molecule has 1 saturated heterocycles. The van der Waals surface area contributed by atoms with Crippen LogP contribution in [0.1, 0.15) is 28.5 Å². The number of piperazine rings is 1. The van der Waals surface area contributed by atoms with Crippen molar-refractivity contribution in [3.63, 3.8) is 0 Å². The third-order valence-corrected chi connectivity index (χ3v) is 4.71. The summed E-state index contributed by atoms with van der Waals surface area (Å²) in [5.41, 5.74) is 2.19. The largest absolute Gasteiger partial charge is 0.347 e. The first-order valence-corrected chi connectivity index (χ1v) is 9.00. The monoisotopic (exact) mass is 355 g/mol. The minimum Gasteiger partial charge on any atom is -0.347 e. The van der Waals surface area contributed by atoms with Gasteiger partial charge in [0.1, 0.15) is 5.69 Å². The predicted octanol–water partition coefficient (Wildman–Crippen LogP) is 0.837. The summed E-state index contributed by atoms with van der Waals surface area (Å²) >= 11 is 0. The van der Waals surface area contributed by atoms with Crippen molar-refractivity contribution < 1.29 is 4.79 Å². The second-order valence-corrected chi connectivity index (χ2v) is 6.52. The smallest absolute Gasteiger partial charge is 0.271 e. The minimum atomic E-state index is -0.326. The number of carbonyl (C=O) groups excluding carboxylic acids is 1. The zero-order chi connectivity index (χ0) is 18.4. The van der Waals surface area contributed by atoms with E-state index in [0.717, 1.165) is 44.8 Å². The van der Waals surface area contributed by atoms with Gasteiger partial charge in [0.15, 0.2) is 0 Å². The fourth-order valence-corrected chi connectivity index (χ4v) is 3.03. The topological polar surface area (TPSA) is 81.3 Å². The second kappa shape index (κ2) is 8.73. The number of carbonyl (C=O) groups is 1. The Kier molecular flexibility index (Phi) is 6.14. The van der Waals surface area contributed by atoms with Crippen molar-refractivity contribution in [2.24, 2.45) is 0 Å². The fraction of sp³-hybridized carbons (Fsp3) is 0.421. The first kappa shape index (κ1) is 18.3. The average Bonchev–Trinajstić information content (AvgIpc) is 2.68. The lowest BCUT2D eigenvalue weighted by Crippen LogP contribution is -2.45. The number of likely N-dealkylation sites (N-methyl/N-ethyl adjacent to an activating group) is 1. The number of aromatic amines is 1. The van der Waals surface area contributed by atoms with Gasteiger partial charge in [-0.2, -0.15) is 5.10 Å². The average molecular weight is 355 g/mol. The molecule has 0 bridgehead atoms. The van der Waals surface area contributed by atoms with E-state index in [1.807, 2.05) is 12.1 Å². The third-order valence-electron chi connectivity index (χ3n) is 4.71. The molecule has 1 aliphatic heterocycles. The second-order valence-electron chi connectivity index (χ2n) is 6.52. The maximum atomic E-state index is 12.0. The number of benzene rings is 1. The molecule has 2 heterocycles. The Morgan fingerprint density at radius 3 is 2.31 bits per heavy atom. The van der Waals surface area contributed by atoms with Gasteiger partial charge in [-0.1, -0.05) is 31.2 Å². The van der Waals surface area contributed by atoms with Crippen LogP contribution in [0, 0.1) is 0 Å². The van der Waals surface area contributed by atoms with Crippen LogP contribution >= 0.6 is 0 Å². The molecular weight excluding hydrogens is 330 g/mol. The van der Waals surface area contributed by atoms with Crippen LogP contribution in [-0.4, -0.2) is 58.6 Å². The first-order valence-electron chi connectivity index (χ1n) is 9.00. The normalized spacial score (nSPS) is 15.7. The molecule has 0 unspecified atom stereocenters. The van der Waals surface area contributed by atoms with Crippen molar-refractivity contribution in [3.05, 3.63) is 63.6 Å². The van der Waals surface area contributed by atoms with Crippen LogP contribution in [0.2, 0.25) is 0 Å². The van der Waals surface area contributed by atoms with E-state index in [-0.39, 0.29) is 17.2 Å². The molecule has 2 aromatic rings. The molecule has 0 atom stereocenters. The first-order chi connectivity index (χ1) is 12.6. The van der Waals surface area contributed by atoms with Crippen LogP contribution in [0.15, 0.2) is 41.2 Å². The Balaban J connectivity index is 1.47. The number of aromatic nitrogens is 2. The lowest BCUT2D eigenvalue weighted by atomic mass is 10.1. The lowest BCUT2D eigenvalue weighted by Gasteiger charge is -2.34. The van der Waals surface area contributed by atoms with Crippen LogP contribution < -0.4 is 10.9 Å². The summed E-state index contributed by atoms with van der Waals surface area (Å²) in [5, 5.41) is 8.79. The molecule has 138 valence electrons. The van der Waals surface area contributed by atoms with Crippen molar-refractivity contribution in [1.29, 1.82) is 0 Å². The number of nitrogens with zero attached hydrogens (tertiary/aromatic N) is 3. The predicted molar refractivity (Wildman–Crippen MR) is 99.9 cm³/mol. The number of hydrogen-bond acceptors (Lipinski definition) is 5. The van der Waals surface area contributed by atoms with Crippen molar-refractivity contribution in [2.75, 3.05) is 32.7 Å². The van der Waals surface area contributed by atoms with E-state index in [4.69, 9.17) is 0 Å². The van der Waals surface area contributed by atoms with Crippen molar-refractivity contribution in [1.82, 2.24) is 25.3 Å².